The standard InChI is InChI=1S/C15H21FN2O3S/c16-13-2-1-3-14(10-13)22(20,21)18-8-6-17(7-9-18)11-15(19)12-4-5-12/h1-3,10,12,15,19H,4-9,11H2/t15-/m0/s1. The van der Waals surface area contributed by atoms with Crippen molar-refractivity contribution in [2.24, 2.45) is 5.92 Å². The molecule has 0 aromatic heterocycles. The van der Waals surface area contributed by atoms with Crippen molar-refractivity contribution < 1.29 is 17.9 Å². The predicted molar refractivity (Wildman–Crippen MR) is 80.3 cm³/mol. The third kappa shape index (κ3) is 3.48. The quantitative estimate of drug-likeness (QED) is 0.872. The van der Waals surface area contributed by atoms with E-state index in [-0.39, 0.29) is 11.0 Å². The van der Waals surface area contributed by atoms with Crippen LogP contribution in [0.25, 0.3) is 0 Å². The van der Waals surface area contributed by atoms with Gasteiger partial charge in [-0.25, -0.2) is 12.8 Å². The van der Waals surface area contributed by atoms with E-state index in [0.717, 1.165) is 18.9 Å². The maximum absolute atomic E-state index is 13.2. The number of piperazine rings is 1. The summed E-state index contributed by atoms with van der Waals surface area (Å²) in [5.41, 5.74) is 0. The summed E-state index contributed by atoms with van der Waals surface area (Å²) in [5.74, 6) is -0.124. The third-order valence-electron chi connectivity index (χ3n) is 4.38. The van der Waals surface area contributed by atoms with E-state index in [4.69, 9.17) is 0 Å². The molecule has 1 N–H and O–H groups in total. The first-order chi connectivity index (χ1) is 10.5. The van der Waals surface area contributed by atoms with Crippen LogP contribution in [0.2, 0.25) is 0 Å². The van der Waals surface area contributed by atoms with Crippen LogP contribution in [0.15, 0.2) is 29.2 Å². The van der Waals surface area contributed by atoms with Crippen LogP contribution in [0, 0.1) is 11.7 Å². The second-order valence-electron chi connectivity index (χ2n) is 6.07. The molecule has 122 valence electrons. The number of aliphatic hydroxyl groups is 1. The Kier molecular flexibility index (Phi) is 4.49. The molecule has 0 unspecified atom stereocenters. The van der Waals surface area contributed by atoms with Crippen LogP contribution in [0.5, 0.6) is 0 Å². The van der Waals surface area contributed by atoms with Gasteiger partial charge in [-0.15, -0.1) is 0 Å². The number of sulfonamides is 1. The number of hydrogen-bond acceptors (Lipinski definition) is 4. The van der Waals surface area contributed by atoms with Gasteiger partial charge in [0, 0.05) is 32.7 Å². The van der Waals surface area contributed by atoms with E-state index in [9.17, 15) is 17.9 Å². The van der Waals surface area contributed by atoms with Gasteiger partial charge in [-0.1, -0.05) is 6.07 Å². The van der Waals surface area contributed by atoms with Crippen molar-refractivity contribution in [2.75, 3.05) is 32.7 Å². The molecule has 1 atom stereocenters. The van der Waals surface area contributed by atoms with E-state index in [1.807, 2.05) is 0 Å². The summed E-state index contributed by atoms with van der Waals surface area (Å²) in [6, 6.07) is 5.11. The zero-order chi connectivity index (χ0) is 15.7. The molecular weight excluding hydrogens is 307 g/mol. The molecule has 1 aliphatic carbocycles. The second kappa shape index (κ2) is 6.23. The van der Waals surface area contributed by atoms with Crippen LogP contribution in [0.1, 0.15) is 12.8 Å². The first-order valence-corrected chi connectivity index (χ1v) is 9.07. The molecule has 1 heterocycles. The third-order valence-corrected chi connectivity index (χ3v) is 6.27. The minimum absolute atomic E-state index is 0.000958. The lowest BCUT2D eigenvalue weighted by Crippen LogP contribution is -2.50. The minimum Gasteiger partial charge on any atom is -0.392 e. The molecule has 22 heavy (non-hydrogen) atoms. The molecule has 0 spiro atoms. The van der Waals surface area contributed by atoms with Crippen molar-refractivity contribution in [1.82, 2.24) is 9.21 Å². The highest BCUT2D eigenvalue weighted by molar-refractivity contribution is 7.89. The highest BCUT2D eigenvalue weighted by Gasteiger charge is 2.33. The van der Waals surface area contributed by atoms with E-state index < -0.39 is 15.8 Å². The van der Waals surface area contributed by atoms with Gasteiger partial charge in [0.1, 0.15) is 5.82 Å². The van der Waals surface area contributed by atoms with Gasteiger partial charge in [-0.2, -0.15) is 4.31 Å². The average molecular weight is 328 g/mol. The van der Waals surface area contributed by atoms with Gasteiger partial charge in [0.15, 0.2) is 0 Å². The molecule has 0 amide bonds. The zero-order valence-electron chi connectivity index (χ0n) is 12.4. The van der Waals surface area contributed by atoms with Crippen LogP contribution < -0.4 is 0 Å². The van der Waals surface area contributed by atoms with Gasteiger partial charge < -0.3 is 5.11 Å². The zero-order valence-corrected chi connectivity index (χ0v) is 13.2. The van der Waals surface area contributed by atoms with Gasteiger partial charge in [-0.3, -0.25) is 4.90 Å². The predicted octanol–water partition coefficient (Wildman–Crippen LogP) is 0.903. The van der Waals surface area contributed by atoms with Crippen molar-refractivity contribution >= 4 is 10.0 Å². The lowest BCUT2D eigenvalue weighted by molar-refractivity contribution is 0.0782. The number of hydrogen-bond donors (Lipinski definition) is 1. The maximum Gasteiger partial charge on any atom is 0.243 e. The SMILES string of the molecule is O=S(=O)(c1cccc(F)c1)N1CCN(C[C@H](O)C2CC2)CC1. The van der Waals surface area contributed by atoms with Crippen molar-refractivity contribution in [2.45, 2.75) is 23.8 Å². The van der Waals surface area contributed by atoms with Crippen molar-refractivity contribution in [1.29, 1.82) is 0 Å². The van der Waals surface area contributed by atoms with Gasteiger partial charge in [0.2, 0.25) is 10.0 Å². The Morgan fingerprint density at radius 2 is 1.91 bits per heavy atom. The van der Waals surface area contributed by atoms with Crippen molar-refractivity contribution in [3.8, 4) is 0 Å². The molecule has 0 radical (unpaired) electrons. The number of β-amino-alcohol motifs (C(OH)–C–C–N with tert-alkyl or cyclic N) is 1. The summed E-state index contributed by atoms with van der Waals surface area (Å²) in [7, 11) is -3.64. The smallest absolute Gasteiger partial charge is 0.243 e. The number of rotatable bonds is 5. The molecule has 3 rings (SSSR count). The molecule has 2 fully saturated rings. The number of nitrogens with zero attached hydrogens (tertiary/aromatic N) is 2. The fourth-order valence-corrected chi connectivity index (χ4v) is 4.28. The van der Waals surface area contributed by atoms with E-state index in [1.54, 1.807) is 0 Å². The summed E-state index contributed by atoms with van der Waals surface area (Å²) in [4.78, 5) is 2.10. The molecule has 1 aromatic carbocycles. The second-order valence-corrected chi connectivity index (χ2v) is 8.00. The largest absolute Gasteiger partial charge is 0.392 e. The molecule has 1 aliphatic heterocycles. The normalized spacial score (nSPS) is 22.6. The Bertz CT molecular complexity index is 625. The van der Waals surface area contributed by atoms with Crippen molar-refractivity contribution in [3.05, 3.63) is 30.1 Å². The Hall–Kier alpha value is -1.02. The van der Waals surface area contributed by atoms with E-state index >= 15 is 0 Å². The number of benzene rings is 1. The Morgan fingerprint density at radius 1 is 1.23 bits per heavy atom. The molecule has 1 aromatic rings. The van der Waals surface area contributed by atoms with E-state index in [2.05, 4.69) is 4.90 Å². The van der Waals surface area contributed by atoms with Gasteiger partial charge in [-0.05, 0) is 37.0 Å². The van der Waals surface area contributed by atoms with Gasteiger partial charge in [0.25, 0.3) is 0 Å². The lowest BCUT2D eigenvalue weighted by atomic mass is 10.2. The van der Waals surface area contributed by atoms with E-state index in [1.165, 1.54) is 22.5 Å². The topological polar surface area (TPSA) is 60.9 Å². The molecule has 7 heteroatoms. The van der Waals surface area contributed by atoms with Crippen LogP contribution in [-0.2, 0) is 10.0 Å². The van der Waals surface area contributed by atoms with Crippen LogP contribution in [0.4, 0.5) is 4.39 Å². The number of aliphatic hydroxyl groups excluding tert-OH is 1. The first kappa shape index (κ1) is 15.9. The summed E-state index contributed by atoms with van der Waals surface area (Å²) < 4.78 is 39.6. The van der Waals surface area contributed by atoms with E-state index in [0.29, 0.717) is 38.6 Å². The summed E-state index contributed by atoms with van der Waals surface area (Å²) in [6.45, 7) is 2.54. The maximum atomic E-state index is 13.2. The summed E-state index contributed by atoms with van der Waals surface area (Å²) in [6.07, 6.45) is 1.89. The van der Waals surface area contributed by atoms with Gasteiger partial charge in [0.05, 0.1) is 11.0 Å². The summed E-state index contributed by atoms with van der Waals surface area (Å²) in [5, 5.41) is 9.96. The number of halogens is 1. The minimum atomic E-state index is -3.64. The fourth-order valence-electron chi connectivity index (χ4n) is 2.82. The molecule has 5 nitrogen and oxygen atoms in total. The van der Waals surface area contributed by atoms with Gasteiger partial charge >= 0.3 is 0 Å². The van der Waals surface area contributed by atoms with Crippen LogP contribution in [0.3, 0.4) is 0 Å². The average Bonchev–Trinajstić information content (AvgIpc) is 3.32. The Balaban J connectivity index is 1.60. The van der Waals surface area contributed by atoms with Crippen molar-refractivity contribution in [3.63, 3.8) is 0 Å². The molecular formula is C15H21FN2O3S. The summed E-state index contributed by atoms with van der Waals surface area (Å²) >= 11 is 0. The molecule has 1 saturated carbocycles. The lowest BCUT2D eigenvalue weighted by Gasteiger charge is -2.34. The Labute approximate surface area is 130 Å². The first-order valence-electron chi connectivity index (χ1n) is 7.63. The fraction of sp³-hybridized carbons (Fsp3) is 0.600. The highest BCUT2D eigenvalue weighted by Crippen LogP contribution is 2.33. The highest BCUT2D eigenvalue weighted by atomic mass is 32.2. The molecule has 2 aliphatic rings. The van der Waals surface area contributed by atoms with Crippen LogP contribution >= 0.6 is 0 Å². The molecule has 0 bridgehead atoms. The monoisotopic (exact) mass is 328 g/mol. The Morgan fingerprint density at radius 3 is 2.50 bits per heavy atom. The van der Waals surface area contributed by atoms with Crippen LogP contribution in [-0.4, -0.2) is 61.6 Å². The molecule has 1 saturated heterocycles.